The second-order valence-corrected chi connectivity index (χ2v) is 7.00. The molecule has 25 heavy (non-hydrogen) atoms. The number of carbonyl (C=O) groups is 1. The van der Waals surface area contributed by atoms with Crippen LogP contribution < -0.4 is 0 Å². The van der Waals surface area contributed by atoms with Gasteiger partial charge in [0, 0.05) is 23.6 Å². The molecule has 1 aliphatic carbocycles. The quantitative estimate of drug-likeness (QED) is 0.613. The van der Waals surface area contributed by atoms with Crippen molar-refractivity contribution in [3.63, 3.8) is 0 Å². The van der Waals surface area contributed by atoms with E-state index in [2.05, 4.69) is 39.0 Å². The SMILES string of the molecule is CCCCC(=O)OC1C=C(OCC(C)C)c2cccc3cccc1c23. The van der Waals surface area contributed by atoms with E-state index in [9.17, 15) is 4.79 Å². The average molecular weight is 338 g/mol. The van der Waals surface area contributed by atoms with Crippen LogP contribution in [0.15, 0.2) is 42.5 Å². The van der Waals surface area contributed by atoms with Gasteiger partial charge in [-0.15, -0.1) is 0 Å². The largest absolute Gasteiger partial charge is 0.493 e. The molecule has 0 aliphatic heterocycles. The van der Waals surface area contributed by atoms with Gasteiger partial charge in [0.2, 0.25) is 0 Å². The molecular formula is C22H26O3. The highest BCUT2D eigenvalue weighted by Gasteiger charge is 2.25. The fourth-order valence-electron chi connectivity index (χ4n) is 3.13. The summed E-state index contributed by atoms with van der Waals surface area (Å²) in [6.07, 6.45) is 3.86. The van der Waals surface area contributed by atoms with Crippen LogP contribution in [0.4, 0.5) is 0 Å². The number of rotatable bonds is 7. The van der Waals surface area contributed by atoms with Crippen molar-refractivity contribution >= 4 is 22.5 Å². The summed E-state index contributed by atoms with van der Waals surface area (Å²) >= 11 is 0. The molecule has 0 saturated heterocycles. The molecule has 1 atom stereocenters. The van der Waals surface area contributed by atoms with Crippen LogP contribution in [0.1, 0.15) is 57.3 Å². The molecule has 0 bridgehead atoms. The summed E-state index contributed by atoms with van der Waals surface area (Å²) in [4.78, 5) is 12.2. The standard InChI is InChI=1S/C22H26O3/c1-4-5-12-21(23)25-20-13-19(24-14-15(2)3)17-10-6-8-16-9-7-11-18(20)22(16)17/h6-11,13,15,20H,4-5,12,14H2,1-3H3. The van der Waals surface area contributed by atoms with E-state index in [0.717, 1.165) is 40.5 Å². The number of unbranched alkanes of at least 4 members (excludes halogenated alkanes) is 1. The molecule has 0 heterocycles. The predicted molar refractivity (Wildman–Crippen MR) is 101 cm³/mol. The maximum Gasteiger partial charge on any atom is 0.306 e. The third kappa shape index (κ3) is 3.87. The first-order valence-corrected chi connectivity index (χ1v) is 9.16. The zero-order valence-electron chi connectivity index (χ0n) is 15.2. The van der Waals surface area contributed by atoms with Crippen LogP contribution in [0.2, 0.25) is 0 Å². The van der Waals surface area contributed by atoms with Crippen molar-refractivity contribution < 1.29 is 14.3 Å². The third-order valence-corrected chi connectivity index (χ3v) is 4.38. The number of carbonyl (C=O) groups excluding carboxylic acids is 1. The van der Waals surface area contributed by atoms with Gasteiger partial charge in [-0.1, -0.05) is 63.6 Å². The van der Waals surface area contributed by atoms with Crippen molar-refractivity contribution in [2.45, 2.75) is 46.1 Å². The van der Waals surface area contributed by atoms with Crippen LogP contribution in [0.5, 0.6) is 0 Å². The highest BCUT2D eigenvalue weighted by atomic mass is 16.5. The summed E-state index contributed by atoms with van der Waals surface area (Å²) in [5, 5.41) is 2.27. The minimum absolute atomic E-state index is 0.150. The van der Waals surface area contributed by atoms with Crippen LogP contribution in [-0.2, 0) is 14.3 Å². The van der Waals surface area contributed by atoms with Gasteiger partial charge in [-0.2, -0.15) is 0 Å². The minimum atomic E-state index is -0.384. The monoisotopic (exact) mass is 338 g/mol. The van der Waals surface area contributed by atoms with Crippen LogP contribution in [0.25, 0.3) is 16.5 Å². The van der Waals surface area contributed by atoms with Crippen molar-refractivity contribution in [3.8, 4) is 0 Å². The second kappa shape index (κ2) is 7.73. The zero-order chi connectivity index (χ0) is 17.8. The Morgan fingerprint density at radius 2 is 1.92 bits per heavy atom. The first-order valence-electron chi connectivity index (χ1n) is 9.16. The molecule has 0 saturated carbocycles. The molecule has 1 unspecified atom stereocenters. The van der Waals surface area contributed by atoms with Crippen molar-refractivity contribution in [1.29, 1.82) is 0 Å². The first-order chi connectivity index (χ1) is 12.1. The molecule has 132 valence electrons. The smallest absolute Gasteiger partial charge is 0.306 e. The molecular weight excluding hydrogens is 312 g/mol. The molecule has 3 rings (SSSR count). The molecule has 0 radical (unpaired) electrons. The van der Waals surface area contributed by atoms with Crippen molar-refractivity contribution in [2.24, 2.45) is 5.92 Å². The van der Waals surface area contributed by atoms with Gasteiger partial charge in [0.05, 0.1) is 6.61 Å². The Bertz CT molecular complexity index is 784. The Morgan fingerprint density at radius 1 is 1.16 bits per heavy atom. The Labute approximate surface area is 149 Å². The Morgan fingerprint density at radius 3 is 2.64 bits per heavy atom. The normalized spacial score (nSPS) is 16.0. The van der Waals surface area contributed by atoms with Gasteiger partial charge in [0.15, 0.2) is 0 Å². The van der Waals surface area contributed by atoms with Crippen LogP contribution in [0.3, 0.4) is 0 Å². The summed E-state index contributed by atoms with van der Waals surface area (Å²) in [7, 11) is 0. The lowest BCUT2D eigenvalue weighted by molar-refractivity contribution is -0.147. The van der Waals surface area contributed by atoms with Crippen LogP contribution in [0, 0.1) is 5.92 Å². The van der Waals surface area contributed by atoms with E-state index in [1.54, 1.807) is 0 Å². The van der Waals surface area contributed by atoms with Crippen molar-refractivity contribution in [1.82, 2.24) is 0 Å². The van der Waals surface area contributed by atoms with Gasteiger partial charge >= 0.3 is 5.97 Å². The number of ether oxygens (including phenoxy) is 2. The minimum Gasteiger partial charge on any atom is -0.493 e. The van der Waals surface area contributed by atoms with Crippen molar-refractivity contribution in [2.75, 3.05) is 6.61 Å². The van der Waals surface area contributed by atoms with Gasteiger partial charge < -0.3 is 9.47 Å². The van der Waals surface area contributed by atoms with Crippen LogP contribution in [-0.4, -0.2) is 12.6 Å². The Kier molecular flexibility index (Phi) is 5.42. The number of hydrogen-bond acceptors (Lipinski definition) is 3. The van der Waals surface area contributed by atoms with E-state index in [1.165, 1.54) is 0 Å². The predicted octanol–water partition coefficient (Wildman–Crippen LogP) is 5.64. The molecule has 3 heteroatoms. The molecule has 0 aromatic heterocycles. The van der Waals surface area contributed by atoms with Gasteiger partial charge in [0.25, 0.3) is 0 Å². The molecule has 0 spiro atoms. The lowest BCUT2D eigenvalue weighted by Crippen LogP contribution is -2.15. The maximum atomic E-state index is 12.2. The molecule has 2 aromatic rings. The molecule has 2 aromatic carbocycles. The fraction of sp³-hybridized carbons (Fsp3) is 0.409. The summed E-state index contributed by atoms with van der Waals surface area (Å²) in [6, 6.07) is 12.4. The third-order valence-electron chi connectivity index (χ3n) is 4.38. The van der Waals surface area contributed by atoms with Gasteiger partial charge in [0.1, 0.15) is 11.9 Å². The van der Waals surface area contributed by atoms with E-state index in [4.69, 9.17) is 9.47 Å². The number of esters is 1. The summed E-state index contributed by atoms with van der Waals surface area (Å²) < 4.78 is 11.8. The van der Waals surface area contributed by atoms with Gasteiger partial charge in [-0.25, -0.2) is 0 Å². The Hall–Kier alpha value is -2.29. The van der Waals surface area contributed by atoms with Crippen LogP contribution >= 0.6 is 0 Å². The molecule has 0 N–H and O–H groups in total. The summed E-state index contributed by atoms with van der Waals surface area (Å²) in [5.41, 5.74) is 2.12. The molecule has 3 nitrogen and oxygen atoms in total. The summed E-state index contributed by atoms with van der Waals surface area (Å²) in [5.74, 6) is 1.09. The fourth-order valence-corrected chi connectivity index (χ4v) is 3.13. The topological polar surface area (TPSA) is 35.5 Å². The average Bonchev–Trinajstić information content (AvgIpc) is 2.61. The highest BCUT2D eigenvalue weighted by molar-refractivity contribution is 5.97. The second-order valence-electron chi connectivity index (χ2n) is 7.00. The zero-order valence-corrected chi connectivity index (χ0v) is 15.2. The van der Waals surface area contributed by atoms with E-state index >= 15 is 0 Å². The number of benzene rings is 2. The van der Waals surface area contributed by atoms with E-state index < -0.39 is 0 Å². The number of hydrogen-bond donors (Lipinski definition) is 0. The van der Waals surface area contributed by atoms with E-state index in [-0.39, 0.29) is 12.1 Å². The highest BCUT2D eigenvalue weighted by Crippen LogP contribution is 2.39. The lowest BCUT2D eigenvalue weighted by atomic mass is 9.90. The summed E-state index contributed by atoms with van der Waals surface area (Å²) in [6.45, 7) is 6.96. The molecule has 1 aliphatic rings. The van der Waals surface area contributed by atoms with Gasteiger partial charge in [-0.05, 0) is 23.1 Å². The molecule has 0 fully saturated rings. The first kappa shape index (κ1) is 17.5. The van der Waals surface area contributed by atoms with E-state index in [0.29, 0.717) is 18.9 Å². The van der Waals surface area contributed by atoms with E-state index in [1.807, 2.05) is 24.3 Å². The molecule has 0 amide bonds. The Balaban J connectivity index is 1.97. The maximum absolute atomic E-state index is 12.2. The van der Waals surface area contributed by atoms with Crippen molar-refractivity contribution in [3.05, 3.63) is 53.6 Å². The lowest BCUT2D eigenvalue weighted by Gasteiger charge is -2.25. The van der Waals surface area contributed by atoms with Gasteiger partial charge in [-0.3, -0.25) is 4.79 Å².